The van der Waals surface area contributed by atoms with Crippen LogP contribution in [0.25, 0.3) is 0 Å². The van der Waals surface area contributed by atoms with E-state index >= 15 is 0 Å². The highest BCUT2D eigenvalue weighted by molar-refractivity contribution is 7.91. The summed E-state index contributed by atoms with van der Waals surface area (Å²) in [7, 11) is -3.37. The molecule has 0 saturated heterocycles. The summed E-state index contributed by atoms with van der Waals surface area (Å²) in [5.74, 6) is 0. The molecule has 0 amide bonds. The molecule has 21 heavy (non-hydrogen) atoms. The molecule has 120 valence electrons. The number of sulfonamides is 1. The molecule has 1 heterocycles. The SMILES string of the molecule is CC(C)NCCc1ccc(S(=O)(=O)NC2(C)CCCC2)s1. The van der Waals surface area contributed by atoms with E-state index in [9.17, 15) is 8.42 Å². The van der Waals surface area contributed by atoms with E-state index < -0.39 is 10.0 Å². The standard InChI is InChI=1S/C15H26N2O2S2/c1-12(2)16-11-8-13-6-7-14(20-13)21(18,19)17-15(3)9-4-5-10-15/h6-7,12,16-17H,4-5,8-11H2,1-3H3. The molecule has 0 spiro atoms. The van der Waals surface area contributed by atoms with Gasteiger partial charge in [0, 0.05) is 23.0 Å². The van der Waals surface area contributed by atoms with Gasteiger partial charge in [-0.1, -0.05) is 26.7 Å². The lowest BCUT2D eigenvalue weighted by Crippen LogP contribution is -2.43. The van der Waals surface area contributed by atoms with Crippen LogP contribution in [0.4, 0.5) is 0 Å². The zero-order chi connectivity index (χ0) is 15.5. The van der Waals surface area contributed by atoms with E-state index in [-0.39, 0.29) is 5.54 Å². The second-order valence-electron chi connectivity index (χ2n) is 6.45. The molecule has 1 aliphatic rings. The predicted octanol–water partition coefficient (Wildman–Crippen LogP) is 2.90. The summed E-state index contributed by atoms with van der Waals surface area (Å²) >= 11 is 1.38. The third kappa shape index (κ3) is 4.77. The summed E-state index contributed by atoms with van der Waals surface area (Å²) < 4.78 is 28.3. The summed E-state index contributed by atoms with van der Waals surface area (Å²) in [5.41, 5.74) is -0.262. The molecule has 0 radical (unpaired) electrons. The van der Waals surface area contributed by atoms with Gasteiger partial charge in [-0.15, -0.1) is 11.3 Å². The maximum atomic E-state index is 12.5. The number of thiophene rings is 1. The van der Waals surface area contributed by atoms with Gasteiger partial charge in [-0.2, -0.15) is 0 Å². The van der Waals surface area contributed by atoms with Gasteiger partial charge in [-0.25, -0.2) is 13.1 Å². The van der Waals surface area contributed by atoms with Gasteiger partial charge in [0.2, 0.25) is 0 Å². The molecule has 1 saturated carbocycles. The van der Waals surface area contributed by atoms with E-state index in [4.69, 9.17) is 0 Å². The van der Waals surface area contributed by atoms with E-state index in [1.165, 1.54) is 11.3 Å². The molecule has 0 aromatic carbocycles. The quantitative estimate of drug-likeness (QED) is 0.808. The summed E-state index contributed by atoms with van der Waals surface area (Å²) in [6.07, 6.45) is 4.95. The van der Waals surface area contributed by atoms with Gasteiger partial charge < -0.3 is 5.32 Å². The van der Waals surface area contributed by atoms with E-state index in [2.05, 4.69) is 23.9 Å². The molecular formula is C15H26N2O2S2. The van der Waals surface area contributed by atoms with Crippen molar-refractivity contribution in [2.45, 2.75) is 68.7 Å². The first kappa shape index (κ1) is 16.9. The molecular weight excluding hydrogens is 304 g/mol. The Morgan fingerprint density at radius 1 is 1.29 bits per heavy atom. The van der Waals surface area contributed by atoms with Crippen LogP contribution in [0.2, 0.25) is 0 Å². The highest BCUT2D eigenvalue weighted by Crippen LogP contribution is 2.31. The van der Waals surface area contributed by atoms with Crippen LogP contribution in [0.5, 0.6) is 0 Å². The summed E-state index contributed by atoms with van der Waals surface area (Å²) in [4.78, 5) is 1.11. The van der Waals surface area contributed by atoms with Crippen LogP contribution >= 0.6 is 11.3 Å². The van der Waals surface area contributed by atoms with Crippen LogP contribution < -0.4 is 10.0 Å². The fraction of sp³-hybridized carbons (Fsp3) is 0.733. The van der Waals surface area contributed by atoms with Crippen LogP contribution in [0.15, 0.2) is 16.3 Å². The molecule has 0 atom stereocenters. The smallest absolute Gasteiger partial charge is 0.250 e. The second-order valence-corrected chi connectivity index (χ2v) is 9.53. The molecule has 6 heteroatoms. The topological polar surface area (TPSA) is 58.2 Å². The molecule has 0 bridgehead atoms. The molecule has 0 unspecified atom stereocenters. The average Bonchev–Trinajstić information content (AvgIpc) is 2.98. The average molecular weight is 331 g/mol. The third-order valence-corrected chi connectivity index (χ3v) is 7.19. The highest BCUT2D eigenvalue weighted by atomic mass is 32.2. The molecule has 2 N–H and O–H groups in total. The summed E-state index contributed by atoms with van der Waals surface area (Å²) in [5, 5.41) is 3.35. The van der Waals surface area contributed by atoms with Crippen molar-refractivity contribution >= 4 is 21.4 Å². The Labute approximate surface area is 132 Å². The van der Waals surface area contributed by atoms with Crippen LogP contribution in [0.1, 0.15) is 51.3 Å². The number of hydrogen-bond donors (Lipinski definition) is 2. The van der Waals surface area contributed by atoms with Crippen LogP contribution in [0.3, 0.4) is 0 Å². The maximum absolute atomic E-state index is 12.5. The van der Waals surface area contributed by atoms with Crippen molar-refractivity contribution in [1.29, 1.82) is 0 Å². The number of rotatable bonds is 7. The molecule has 1 aromatic heterocycles. The summed E-state index contributed by atoms with van der Waals surface area (Å²) in [6, 6.07) is 4.12. The van der Waals surface area contributed by atoms with Crippen molar-refractivity contribution < 1.29 is 8.42 Å². The minimum atomic E-state index is -3.37. The Balaban J connectivity index is 1.99. The fourth-order valence-corrected chi connectivity index (χ4v) is 5.57. The zero-order valence-electron chi connectivity index (χ0n) is 13.1. The predicted molar refractivity (Wildman–Crippen MR) is 88.4 cm³/mol. The Hall–Kier alpha value is -0.430. The Morgan fingerprint density at radius 3 is 2.57 bits per heavy atom. The van der Waals surface area contributed by atoms with Crippen LogP contribution in [0, 0.1) is 0 Å². The first-order valence-corrected chi connectivity index (χ1v) is 9.97. The van der Waals surface area contributed by atoms with E-state index in [1.54, 1.807) is 6.07 Å². The Bertz CT molecular complexity index is 558. The number of nitrogens with one attached hydrogen (secondary N) is 2. The zero-order valence-corrected chi connectivity index (χ0v) is 14.7. The Morgan fingerprint density at radius 2 is 1.95 bits per heavy atom. The lowest BCUT2D eigenvalue weighted by Gasteiger charge is -2.24. The van der Waals surface area contributed by atoms with Gasteiger partial charge in [0.25, 0.3) is 10.0 Å². The van der Waals surface area contributed by atoms with E-state index in [1.807, 2.05) is 13.0 Å². The van der Waals surface area contributed by atoms with Gasteiger partial charge in [0.05, 0.1) is 0 Å². The van der Waals surface area contributed by atoms with Crippen molar-refractivity contribution in [2.24, 2.45) is 0 Å². The van der Waals surface area contributed by atoms with E-state index in [0.717, 1.165) is 43.5 Å². The Kier molecular flexibility index (Phi) is 5.46. The first-order chi connectivity index (χ1) is 9.81. The van der Waals surface area contributed by atoms with Gasteiger partial charge >= 0.3 is 0 Å². The first-order valence-electron chi connectivity index (χ1n) is 7.67. The van der Waals surface area contributed by atoms with Crippen molar-refractivity contribution in [1.82, 2.24) is 10.0 Å². The molecule has 2 rings (SSSR count). The maximum Gasteiger partial charge on any atom is 0.250 e. The van der Waals surface area contributed by atoms with Crippen molar-refractivity contribution in [3.63, 3.8) is 0 Å². The van der Waals surface area contributed by atoms with Crippen molar-refractivity contribution in [3.05, 3.63) is 17.0 Å². The van der Waals surface area contributed by atoms with Gasteiger partial charge in [0.1, 0.15) is 4.21 Å². The number of hydrogen-bond acceptors (Lipinski definition) is 4. The highest BCUT2D eigenvalue weighted by Gasteiger charge is 2.34. The van der Waals surface area contributed by atoms with Crippen molar-refractivity contribution in [2.75, 3.05) is 6.54 Å². The second kappa shape index (κ2) is 6.77. The molecule has 1 aromatic rings. The molecule has 1 aliphatic carbocycles. The monoisotopic (exact) mass is 330 g/mol. The van der Waals surface area contributed by atoms with Crippen LogP contribution in [-0.4, -0.2) is 26.5 Å². The minimum absolute atomic E-state index is 0.262. The minimum Gasteiger partial charge on any atom is -0.314 e. The normalized spacial score (nSPS) is 18.5. The third-order valence-electron chi connectivity index (χ3n) is 3.91. The summed E-state index contributed by atoms with van der Waals surface area (Å²) in [6.45, 7) is 7.11. The largest absolute Gasteiger partial charge is 0.314 e. The van der Waals surface area contributed by atoms with Gasteiger partial charge in [-0.05, 0) is 38.3 Å². The molecule has 0 aliphatic heterocycles. The van der Waals surface area contributed by atoms with Gasteiger partial charge in [-0.3, -0.25) is 0 Å². The molecule has 1 fully saturated rings. The lowest BCUT2D eigenvalue weighted by molar-refractivity contribution is 0.428. The van der Waals surface area contributed by atoms with Gasteiger partial charge in [0.15, 0.2) is 0 Å². The van der Waals surface area contributed by atoms with E-state index in [0.29, 0.717) is 10.3 Å². The lowest BCUT2D eigenvalue weighted by atomic mass is 10.0. The van der Waals surface area contributed by atoms with Crippen LogP contribution in [-0.2, 0) is 16.4 Å². The fourth-order valence-electron chi connectivity index (χ4n) is 2.75. The van der Waals surface area contributed by atoms with Crippen molar-refractivity contribution in [3.8, 4) is 0 Å². The molecule has 4 nitrogen and oxygen atoms in total.